The van der Waals surface area contributed by atoms with E-state index < -0.39 is 42.5 Å². The molecule has 24 heavy (non-hydrogen) atoms. The summed E-state index contributed by atoms with van der Waals surface area (Å²) in [4.78, 5) is 11.3. The molecule has 1 unspecified atom stereocenters. The molecule has 3 N–H and O–H groups in total. The molecule has 0 spiro atoms. The Labute approximate surface area is 184 Å². The molecule has 0 aromatic heterocycles. The fourth-order valence-electron chi connectivity index (χ4n) is 1.00. The monoisotopic (exact) mass is 402 g/mol. The van der Waals surface area contributed by atoms with Crippen LogP contribution in [-0.2, 0) is 24.0 Å². The molecule has 1 rings (SSSR count). The average Bonchev–Trinajstić information content (AvgIpc) is 2.41. The van der Waals surface area contributed by atoms with Crippen LogP contribution in [0.5, 0.6) is 17.2 Å². The molecule has 0 aliphatic carbocycles. The normalized spacial score (nSPS) is 11.0. The van der Waals surface area contributed by atoms with Gasteiger partial charge in [-0.3, -0.25) is 4.21 Å². The van der Waals surface area contributed by atoms with E-state index in [1.54, 1.807) is 0 Å². The number of rotatable bonds is 4. The van der Waals surface area contributed by atoms with Gasteiger partial charge in [-0.2, -0.15) is 0 Å². The Morgan fingerprint density at radius 1 is 1.21 bits per heavy atom. The standard InChI is InChI=1S/C10H12O5.2Na.H2O5S2/c1-2-3-15-10(14)6-4-7(11)9(13)8(12)5-6;;;1-6(2)7(3,4)5/h4-5,11-13H,2-3H2,1H3;;;(H,1,2)(H,3,4,5)/q;2*+1;/p-2. The number of phenolic OH excluding ortho intramolecular Hbond substituents is 3. The molecule has 0 saturated heterocycles. The molecule has 10 nitrogen and oxygen atoms in total. The Bertz CT molecular complexity index is 639. The zero-order valence-electron chi connectivity index (χ0n) is 13.1. The van der Waals surface area contributed by atoms with Gasteiger partial charge in [0, 0.05) is 0 Å². The number of aromatic hydroxyl groups is 3. The molecule has 1 aromatic rings. The van der Waals surface area contributed by atoms with Crippen LogP contribution in [0.4, 0.5) is 0 Å². The predicted octanol–water partition coefficient (Wildman–Crippen LogP) is -6.30. The number of carbonyl (C=O) groups is 1. The first-order chi connectivity index (χ1) is 10.0. The molecule has 14 heteroatoms. The molecule has 0 bridgehead atoms. The first kappa shape index (κ1) is 28.9. The van der Waals surface area contributed by atoms with E-state index in [0.717, 1.165) is 12.1 Å². The van der Waals surface area contributed by atoms with Crippen molar-refractivity contribution >= 4 is 25.2 Å². The van der Waals surface area contributed by atoms with E-state index in [1.807, 2.05) is 6.92 Å². The van der Waals surface area contributed by atoms with E-state index in [-0.39, 0.29) is 71.3 Å². The summed E-state index contributed by atoms with van der Waals surface area (Å²) in [6, 6.07) is 2.07. The van der Waals surface area contributed by atoms with Gasteiger partial charge >= 0.3 is 65.1 Å². The average molecular weight is 402 g/mol. The molecule has 0 fully saturated rings. The predicted molar refractivity (Wildman–Crippen MR) is 70.6 cm³/mol. The van der Waals surface area contributed by atoms with Crippen molar-refractivity contribution < 1.29 is 106 Å². The number of benzene rings is 1. The Kier molecular flexibility index (Phi) is 16.1. The Hall–Kier alpha value is 0.110. The summed E-state index contributed by atoms with van der Waals surface area (Å²) >= 11 is 0. The van der Waals surface area contributed by atoms with Gasteiger partial charge in [0.05, 0.1) is 22.3 Å². The van der Waals surface area contributed by atoms with Gasteiger partial charge in [-0.1, -0.05) is 6.92 Å². The summed E-state index contributed by atoms with van der Waals surface area (Å²) in [5.74, 6) is -2.42. The van der Waals surface area contributed by atoms with Crippen LogP contribution < -0.4 is 59.1 Å². The zero-order chi connectivity index (χ0) is 17.5. The largest absolute Gasteiger partial charge is 1.00 e. The molecule has 126 valence electrons. The number of ether oxygens (including phenoxy) is 1. The molecule has 0 amide bonds. The van der Waals surface area contributed by atoms with Crippen LogP contribution in [0.2, 0.25) is 0 Å². The van der Waals surface area contributed by atoms with Crippen LogP contribution in [0.1, 0.15) is 23.7 Å². The van der Waals surface area contributed by atoms with Crippen molar-refractivity contribution in [3.8, 4) is 17.2 Å². The molecular weight excluding hydrogens is 390 g/mol. The third-order valence-electron chi connectivity index (χ3n) is 1.91. The van der Waals surface area contributed by atoms with Gasteiger partial charge in [-0.25, -0.2) is 13.2 Å². The third-order valence-corrected chi connectivity index (χ3v) is 3.24. The number of hydrogen-bond acceptors (Lipinski definition) is 10. The quantitative estimate of drug-likeness (QED) is 0.109. The number of esters is 1. The summed E-state index contributed by atoms with van der Waals surface area (Å²) in [5, 5.41) is 27.3. The summed E-state index contributed by atoms with van der Waals surface area (Å²) in [5.41, 5.74) is -0.00347. The Morgan fingerprint density at radius 3 is 1.88 bits per heavy atom. The van der Waals surface area contributed by atoms with Gasteiger partial charge in [0.25, 0.3) is 0 Å². The minimum Gasteiger partial charge on any atom is -0.761 e. The van der Waals surface area contributed by atoms with Crippen molar-refractivity contribution in [3.05, 3.63) is 17.7 Å². The molecule has 0 saturated carbocycles. The fraction of sp³-hybridized carbons (Fsp3) is 0.300. The first-order valence-corrected chi connectivity index (χ1v) is 8.48. The van der Waals surface area contributed by atoms with Crippen LogP contribution >= 0.6 is 0 Å². The van der Waals surface area contributed by atoms with Gasteiger partial charge in [0.2, 0.25) is 0 Å². The fourth-order valence-corrected chi connectivity index (χ4v) is 1.00. The maximum Gasteiger partial charge on any atom is 1.00 e. The molecule has 1 atom stereocenters. The second kappa shape index (κ2) is 13.3. The zero-order valence-corrected chi connectivity index (χ0v) is 18.7. The molecule has 0 radical (unpaired) electrons. The van der Waals surface area contributed by atoms with Crippen molar-refractivity contribution in [3.63, 3.8) is 0 Å². The summed E-state index contributed by atoms with van der Waals surface area (Å²) in [6.07, 6.45) is 0.682. The van der Waals surface area contributed by atoms with Crippen molar-refractivity contribution in [2.75, 3.05) is 6.61 Å². The minimum atomic E-state index is -5.07. The summed E-state index contributed by atoms with van der Waals surface area (Å²) in [7, 11) is -8.59. The van der Waals surface area contributed by atoms with Crippen LogP contribution in [0, 0.1) is 0 Å². The van der Waals surface area contributed by atoms with Gasteiger partial charge < -0.3 is 29.2 Å². The Balaban J connectivity index is -0.000000424. The van der Waals surface area contributed by atoms with E-state index in [4.69, 9.17) is 41.8 Å². The number of hydrogen-bond donors (Lipinski definition) is 3. The maximum atomic E-state index is 11.3. The molecule has 0 aliphatic heterocycles. The third kappa shape index (κ3) is 10.9. The second-order valence-electron chi connectivity index (χ2n) is 3.61. The smallest absolute Gasteiger partial charge is 0.761 e. The minimum absolute atomic E-state index is 0. The maximum absolute atomic E-state index is 11.3. The summed E-state index contributed by atoms with van der Waals surface area (Å²) in [6.45, 7) is 2.11. The molecule has 0 aliphatic rings. The van der Waals surface area contributed by atoms with Crippen molar-refractivity contribution in [1.29, 1.82) is 0 Å². The second-order valence-corrected chi connectivity index (χ2v) is 6.88. The SMILES string of the molecule is CCCOC(=O)c1cc(O)c(O)c(O)c1.O=S([O-])S(=O)(=O)[O-].[Na+].[Na+]. The van der Waals surface area contributed by atoms with Crippen LogP contribution in [-0.4, -0.2) is 49.6 Å². The van der Waals surface area contributed by atoms with E-state index in [1.165, 1.54) is 0 Å². The van der Waals surface area contributed by atoms with Gasteiger partial charge in [0.15, 0.2) is 26.4 Å². The van der Waals surface area contributed by atoms with Gasteiger partial charge in [-0.05, 0) is 18.6 Å². The van der Waals surface area contributed by atoms with Gasteiger partial charge in [0.1, 0.15) is 0 Å². The topological polar surface area (TPSA) is 184 Å². The Morgan fingerprint density at radius 2 is 1.58 bits per heavy atom. The summed E-state index contributed by atoms with van der Waals surface area (Å²) < 4.78 is 50.5. The van der Waals surface area contributed by atoms with E-state index in [9.17, 15) is 4.79 Å². The van der Waals surface area contributed by atoms with Crippen molar-refractivity contribution in [2.24, 2.45) is 0 Å². The van der Waals surface area contributed by atoms with Gasteiger partial charge in [-0.15, -0.1) is 0 Å². The van der Waals surface area contributed by atoms with Crippen molar-refractivity contribution in [2.45, 2.75) is 13.3 Å². The van der Waals surface area contributed by atoms with E-state index in [0.29, 0.717) is 6.42 Å². The number of carbonyl (C=O) groups excluding carboxylic acids is 1. The van der Waals surface area contributed by atoms with E-state index >= 15 is 0 Å². The number of phenols is 3. The van der Waals surface area contributed by atoms with Crippen LogP contribution in [0.25, 0.3) is 0 Å². The van der Waals surface area contributed by atoms with Crippen LogP contribution in [0.3, 0.4) is 0 Å². The van der Waals surface area contributed by atoms with Crippen molar-refractivity contribution in [1.82, 2.24) is 0 Å². The molecule has 0 heterocycles. The van der Waals surface area contributed by atoms with Crippen LogP contribution in [0.15, 0.2) is 12.1 Å². The molecular formula is C10H12Na2O10S2. The van der Waals surface area contributed by atoms with E-state index in [2.05, 4.69) is 0 Å². The molecule has 1 aromatic carbocycles. The first-order valence-electron chi connectivity index (χ1n) is 5.48.